The molecule has 1 aromatic rings. The first-order chi connectivity index (χ1) is 7.81. The molecule has 0 atom stereocenters. The van der Waals surface area contributed by atoms with Crippen LogP contribution in [0.1, 0.15) is 25.0 Å². The van der Waals surface area contributed by atoms with Gasteiger partial charge >= 0.3 is 0 Å². The Morgan fingerprint density at radius 3 is 2.75 bits per heavy atom. The molecule has 2 nitrogen and oxygen atoms in total. The van der Waals surface area contributed by atoms with Gasteiger partial charge in [0.2, 0.25) is 0 Å². The maximum atomic E-state index is 5.55. The van der Waals surface area contributed by atoms with E-state index in [1.807, 2.05) is 19.1 Å². The van der Waals surface area contributed by atoms with Crippen molar-refractivity contribution in [2.75, 3.05) is 13.4 Å². The summed E-state index contributed by atoms with van der Waals surface area (Å²) in [6.45, 7) is 8.82. The zero-order chi connectivity index (χ0) is 11.8. The van der Waals surface area contributed by atoms with E-state index in [1.165, 1.54) is 11.1 Å². The number of ether oxygens (including phenoxy) is 2. The van der Waals surface area contributed by atoms with Gasteiger partial charge < -0.3 is 9.47 Å². The maximum absolute atomic E-state index is 5.55. The normalized spacial score (nSPS) is 10.1. The second kappa shape index (κ2) is 7.07. The van der Waals surface area contributed by atoms with Gasteiger partial charge in [0.05, 0.1) is 0 Å². The Labute approximate surface area is 97.9 Å². The highest BCUT2D eigenvalue weighted by Crippen LogP contribution is 2.21. The molecule has 2 heteroatoms. The molecule has 0 amide bonds. The summed E-state index contributed by atoms with van der Waals surface area (Å²) in [6.07, 6.45) is 3.78. The van der Waals surface area contributed by atoms with Crippen molar-refractivity contribution in [1.29, 1.82) is 0 Å². The number of allylic oxidation sites excluding steroid dienone is 1. The van der Waals surface area contributed by atoms with Gasteiger partial charge in [-0.25, -0.2) is 0 Å². The van der Waals surface area contributed by atoms with E-state index in [0.29, 0.717) is 13.4 Å². The lowest BCUT2D eigenvalue weighted by molar-refractivity contribution is 0.0218. The second-order valence-corrected chi connectivity index (χ2v) is 3.54. The van der Waals surface area contributed by atoms with Crippen molar-refractivity contribution in [1.82, 2.24) is 0 Å². The molecule has 88 valence electrons. The summed E-state index contributed by atoms with van der Waals surface area (Å²) in [5.41, 5.74) is 2.50. The van der Waals surface area contributed by atoms with E-state index in [1.54, 1.807) is 0 Å². The molecule has 0 aromatic heterocycles. The minimum atomic E-state index is 0.324. The van der Waals surface area contributed by atoms with E-state index in [0.717, 1.165) is 18.6 Å². The molecule has 0 heterocycles. The molecule has 0 unspecified atom stereocenters. The van der Waals surface area contributed by atoms with Crippen LogP contribution in [0.25, 0.3) is 0 Å². The van der Waals surface area contributed by atoms with Crippen LogP contribution in [0, 0.1) is 0 Å². The quantitative estimate of drug-likeness (QED) is 0.398. The lowest BCUT2D eigenvalue weighted by Gasteiger charge is -2.11. The molecular formula is C14H20O2. The van der Waals surface area contributed by atoms with E-state index in [2.05, 4.69) is 25.6 Å². The minimum absolute atomic E-state index is 0.324. The molecule has 1 rings (SSSR count). The van der Waals surface area contributed by atoms with Gasteiger partial charge in [0, 0.05) is 6.61 Å². The Kier molecular flexibility index (Phi) is 5.65. The van der Waals surface area contributed by atoms with Gasteiger partial charge in [-0.3, -0.25) is 0 Å². The van der Waals surface area contributed by atoms with Crippen molar-refractivity contribution in [3.63, 3.8) is 0 Å². The smallest absolute Gasteiger partial charge is 0.189 e. The topological polar surface area (TPSA) is 18.5 Å². The van der Waals surface area contributed by atoms with Gasteiger partial charge in [-0.1, -0.05) is 25.1 Å². The first-order valence-electron chi connectivity index (χ1n) is 5.75. The molecule has 0 aliphatic rings. The summed E-state index contributed by atoms with van der Waals surface area (Å²) in [5.74, 6) is 0.920. The zero-order valence-electron chi connectivity index (χ0n) is 10.2. The van der Waals surface area contributed by atoms with Crippen LogP contribution in [0.3, 0.4) is 0 Å². The number of hydrogen-bond acceptors (Lipinski definition) is 2. The molecule has 0 aliphatic carbocycles. The van der Waals surface area contributed by atoms with Crippen molar-refractivity contribution >= 4 is 0 Å². The van der Waals surface area contributed by atoms with Crippen molar-refractivity contribution in [2.45, 2.75) is 26.7 Å². The summed E-state index contributed by atoms with van der Waals surface area (Å²) in [4.78, 5) is 0. The fourth-order valence-electron chi connectivity index (χ4n) is 1.53. The summed E-state index contributed by atoms with van der Waals surface area (Å²) >= 11 is 0. The second-order valence-electron chi connectivity index (χ2n) is 3.54. The highest BCUT2D eigenvalue weighted by Gasteiger charge is 2.03. The Hall–Kier alpha value is -1.28. The number of benzene rings is 1. The van der Waals surface area contributed by atoms with Crippen LogP contribution in [0.2, 0.25) is 0 Å². The molecule has 0 bridgehead atoms. The monoisotopic (exact) mass is 220 g/mol. The standard InChI is InChI=1S/C14H20O2/c1-4-7-12-8-9-14(13(5-2)10-12)16-11-15-6-3/h4,8-10H,1,5-7,11H2,2-3H3. The Bertz CT molecular complexity index is 332. The molecule has 0 radical (unpaired) electrons. The van der Waals surface area contributed by atoms with Crippen molar-refractivity contribution in [2.24, 2.45) is 0 Å². The van der Waals surface area contributed by atoms with E-state index < -0.39 is 0 Å². The summed E-state index contributed by atoms with van der Waals surface area (Å²) in [6, 6.07) is 6.25. The Balaban J connectivity index is 2.72. The summed E-state index contributed by atoms with van der Waals surface area (Å²) < 4.78 is 10.7. The van der Waals surface area contributed by atoms with Crippen LogP contribution in [-0.2, 0) is 17.6 Å². The first-order valence-corrected chi connectivity index (χ1v) is 5.75. The van der Waals surface area contributed by atoms with Gasteiger partial charge in [-0.05, 0) is 37.0 Å². The average Bonchev–Trinajstić information content (AvgIpc) is 2.31. The van der Waals surface area contributed by atoms with Crippen LogP contribution in [0.15, 0.2) is 30.9 Å². The molecule has 0 saturated carbocycles. The van der Waals surface area contributed by atoms with Crippen molar-refractivity contribution < 1.29 is 9.47 Å². The lowest BCUT2D eigenvalue weighted by Crippen LogP contribution is -2.04. The van der Waals surface area contributed by atoms with E-state index in [9.17, 15) is 0 Å². The number of hydrogen-bond donors (Lipinski definition) is 0. The molecular weight excluding hydrogens is 200 g/mol. The van der Waals surface area contributed by atoms with Gasteiger partial charge in [-0.2, -0.15) is 0 Å². The number of rotatable bonds is 7. The highest BCUT2D eigenvalue weighted by atomic mass is 16.7. The van der Waals surface area contributed by atoms with Gasteiger partial charge in [0.25, 0.3) is 0 Å². The van der Waals surface area contributed by atoms with E-state index in [4.69, 9.17) is 9.47 Å². The van der Waals surface area contributed by atoms with Gasteiger partial charge in [0.15, 0.2) is 6.79 Å². The highest BCUT2D eigenvalue weighted by molar-refractivity contribution is 5.37. The molecule has 0 saturated heterocycles. The van der Waals surface area contributed by atoms with Crippen LogP contribution in [0.4, 0.5) is 0 Å². The third-order valence-electron chi connectivity index (χ3n) is 2.39. The molecule has 1 aromatic carbocycles. The van der Waals surface area contributed by atoms with E-state index in [-0.39, 0.29) is 0 Å². The SMILES string of the molecule is C=CCc1ccc(OCOCC)c(CC)c1. The van der Waals surface area contributed by atoms with Crippen LogP contribution in [-0.4, -0.2) is 13.4 Å². The minimum Gasteiger partial charge on any atom is -0.467 e. The third-order valence-corrected chi connectivity index (χ3v) is 2.39. The van der Waals surface area contributed by atoms with Crippen LogP contribution >= 0.6 is 0 Å². The van der Waals surface area contributed by atoms with Crippen molar-refractivity contribution in [3.8, 4) is 5.75 Å². The predicted octanol–water partition coefficient (Wildman–Crippen LogP) is 3.35. The molecule has 0 N–H and O–H groups in total. The third kappa shape index (κ3) is 3.70. The summed E-state index contributed by atoms with van der Waals surface area (Å²) in [7, 11) is 0. The van der Waals surface area contributed by atoms with Crippen molar-refractivity contribution in [3.05, 3.63) is 42.0 Å². The van der Waals surface area contributed by atoms with Gasteiger partial charge in [-0.15, -0.1) is 6.58 Å². The Morgan fingerprint density at radius 2 is 2.12 bits per heavy atom. The van der Waals surface area contributed by atoms with Gasteiger partial charge in [0.1, 0.15) is 5.75 Å². The fourth-order valence-corrected chi connectivity index (χ4v) is 1.53. The fraction of sp³-hybridized carbons (Fsp3) is 0.429. The average molecular weight is 220 g/mol. The zero-order valence-corrected chi connectivity index (χ0v) is 10.2. The maximum Gasteiger partial charge on any atom is 0.189 e. The Morgan fingerprint density at radius 1 is 1.31 bits per heavy atom. The molecule has 16 heavy (non-hydrogen) atoms. The summed E-state index contributed by atoms with van der Waals surface area (Å²) in [5, 5.41) is 0. The van der Waals surface area contributed by atoms with Crippen LogP contribution < -0.4 is 4.74 Å². The predicted molar refractivity (Wildman–Crippen MR) is 66.8 cm³/mol. The number of aryl methyl sites for hydroxylation is 1. The first kappa shape index (κ1) is 12.8. The molecule has 0 spiro atoms. The largest absolute Gasteiger partial charge is 0.467 e. The lowest BCUT2D eigenvalue weighted by atomic mass is 10.1. The van der Waals surface area contributed by atoms with E-state index >= 15 is 0 Å². The molecule has 0 aliphatic heterocycles. The molecule has 0 fully saturated rings. The van der Waals surface area contributed by atoms with Crippen LogP contribution in [0.5, 0.6) is 5.75 Å².